The molecule has 0 fully saturated rings. The van der Waals surface area contributed by atoms with Crippen molar-refractivity contribution in [3.8, 4) is 0 Å². The second-order valence-electron chi connectivity index (χ2n) is 4.79. The predicted molar refractivity (Wildman–Crippen MR) is 89.8 cm³/mol. The predicted octanol–water partition coefficient (Wildman–Crippen LogP) is 3.27. The Bertz CT molecular complexity index is 919. The summed E-state index contributed by atoms with van der Waals surface area (Å²) in [5.41, 5.74) is 1.50. The summed E-state index contributed by atoms with van der Waals surface area (Å²) < 4.78 is 2.97. The highest BCUT2D eigenvalue weighted by Crippen LogP contribution is 2.30. The Balaban J connectivity index is 1.98. The van der Waals surface area contributed by atoms with Gasteiger partial charge in [0.25, 0.3) is 5.56 Å². The lowest BCUT2D eigenvalue weighted by molar-refractivity contribution is 0.713. The lowest BCUT2D eigenvalue weighted by atomic mass is 10.2. The molecule has 1 aromatic carbocycles. The molecule has 0 N–H and O–H groups in total. The summed E-state index contributed by atoms with van der Waals surface area (Å²) in [6.07, 6.45) is 1.64. The molecular formula is C14H12Cl2N4OS. The van der Waals surface area contributed by atoms with Crippen molar-refractivity contribution in [2.75, 3.05) is 0 Å². The summed E-state index contributed by atoms with van der Waals surface area (Å²) in [4.78, 5) is 12.3. The second kappa shape index (κ2) is 5.95. The van der Waals surface area contributed by atoms with E-state index in [-0.39, 0.29) is 5.56 Å². The lowest BCUT2D eigenvalue weighted by Crippen LogP contribution is -2.19. The number of thioether (sulfide) groups is 1. The number of nitrogens with zero attached hydrogens (tertiary/aromatic N) is 4. The van der Waals surface area contributed by atoms with Crippen LogP contribution >= 0.6 is 35.0 Å². The molecule has 0 atom stereocenters. The number of fused-ring (bicyclic) bond motifs is 1. The number of halogens is 2. The third kappa shape index (κ3) is 2.74. The van der Waals surface area contributed by atoms with Crippen molar-refractivity contribution in [1.82, 2.24) is 19.6 Å². The third-order valence-electron chi connectivity index (χ3n) is 3.30. The van der Waals surface area contributed by atoms with Crippen LogP contribution in [-0.4, -0.2) is 19.6 Å². The second-order valence-corrected chi connectivity index (χ2v) is 6.59. The van der Waals surface area contributed by atoms with E-state index < -0.39 is 0 Å². The number of hydrogen-bond acceptors (Lipinski definition) is 4. The maximum atomic E-state index is 12.3. The summed E-state index contributed by atoms with van der Waals surface area (Å²) in [5, 5.41) is 10.9. The standard InChI is InChI=1S/C14H12Cl2N4OS/c1-19-11-6-17-20(2)14(21)12(11)13(18-19)22-7-8-3-4-9(15)5-10(8)16/h3-6H,7H2,1-2H3. The van der Waals surface area contributed by atoms with Crippen molar-refractivity contribution in [2.24, 2.45) is 14.1 Å². The van der Waals surface area contributed by atoms with Gasteiger partial charge in [-0.15, -0.1) is 0 Å². The minimum absolute atomic E-state index is 0.157. The molecule has 0 aliphatic carbocycles. The van der Waals surface area contributed by atoms with Gasteiger partial charge in [0.1, 0.15) is 10.4 Å². The van der Waals surface area contributed by atoms with Gasteiger partial charge in [-0.2, -0.15) is 10.2 Å². The molecule has 22 heavy (non-hydrogen) atoms. The Morgan fingerprint density at radius 1 is 1.23 bits per heavy atom. The lowest BCUT2D eigenvalue weighted by Gasteiger charge is -2.03. The van der Waals surface area contributed by atoms with Crippen LogP contribution in [0.5, 0.6) is 0 Å². The van der Waals surface area contributed by atoms with E-state index in [4.69, 9.17) is 23.2 Å². The van der Waals surface area contributed by atoms with Crippen molar-refractivity contribution < 1.29 is 0 Å². The Hall–Kier alpha value is -1.50. The van der Waals surface area contributed by atoms with Crippen LogP contribution < -0.4 is 5.56 Å². The molecule has 0 spiro atoms. The van der Waals surface area contributed by atoms with Crippen LogP contribution in [0.2, 0.25) is 10.0 Å². The minimum Gasteiger partial charge on any atom is -0.267 e. The van der Waals surface area contributed by atoms with Crippen LogP contribution in [-0.2, 0) is 19.8 Å². The topological polar surface area (TPSA) is 52.7 Å². The van der Waals surface area contributed by atoms with Crippen molar-refractivity contribution in [2.45, 2.75) is 10.8 Å². The molecule has 0 amide bonds. The third-order valence-corrected chi connectivity index (χ3v) is 4.90. The van der Waals surface area contributed by atoms with Crippen LogP contribution in [0.3, 0.4) is 0 Å². The molecule has 114 valence electrons. The monoisotopic (exact) mass is 354 g/mol. The largest absolute Gasteiger partial charge is 0.278 e. The molecule has 0 aliphatic heterocycles. The smallest absolute Gasteiger partial charge is 0.267 e. The van der Waals surface area contributed by atoms with Crippen LogP contribution in [0.25, 0.3) is 10.9 Å². The van der Waals surface area contributed by atoms with Crippen molar-refractivity contribution in [3.63, 3.8) is 0 Å². The first-order chi connectivity index (χ1) is 10.5. The van der Waals surface area contributed by atoms with Gasteiger partial charge in [0.05, 0.1) is 11.7 Å². The molecule has 0 saturated heterocycles. The van der Waals surface area contributed by atoms with Gasteiger partial charge in [-0.25, -0.2) is 4.68 Å². The number of aromatic nitrogens is 4. The van der Waals surface area contributed by atoms with Crippen molar-refractivity contribution >= 4 is 45.9 Å². The van der Waals surface area contributed by atoms with Crippen molar-refractivity contribution in [1.29, 1.82) is 0 Å². The maximum Gasteiger partial charge on any atom is 0.278 e. The number of rotatable bonds is 3. The first-order valence-corrected chi connectivity index (χ1v) is 8.17. The molecule has 2 heterocycles. The van der Waals surface area contributed by atoms with Gasteiger partial charge in [-0.3, -0.25) is 9.48 Å². The van der Waals surface area contributed by atoms with Crippen LogP contribution in [0.4, 0.5) is 0 Å². The van der Waals surface area contributed by atoms with E-state index in [1.165, 1.54) is 16.4 Å². The average Bonchev–Trinajstić information content (AvgIpc) is 2.79. The van der Waals surface area contributed by atoms with Gasteiger partial charge in [-0.05, 0) is 17.7 Å². The molecule has 0 radical (unpaired) electrons. The highest BCUT2D eigenvalue weighted by Gasteiger charge is 2.15. The fraction of sp³-hybridized carbons (Fsp3) is 0.214. The Kier molecular flexibility index (Phi) is 4.16. The zero-order chi connectivity index (χ0) is 15.9. The van der Waals surface area contributed by atoms with E-state index in [2.05, 4.69) is 10.2 Å². The Morgan fingerprint density at radius 3 is 2.73 bits per heavy atom. The van der Waals surface area contributed by atoms with Gasteiger partial charge in [0.15, 0.2) is 0 Å². The zero-order valence-electron chi connectivity index (χ0n) is 11.9. The Labute approximate surface area is 140 Å². The van der Waals surface area contributed by atoms with Gasteiger partial charge in [0.2, 0.25) is 0 Å². The summed E-state index contributed by atoms with van der Waals surface area (Å²) in [5.74, 6) is 0.605. The van der Waals surface area contributed by atoms with E-state index >= 15 is 0 Å². The summed E-state index contributed by atoms with van der Waals surface area (Å²) in [6, 6.07) is 5.38. The first-order valence-electron chi connectivity index (χ1n) is 6.43. The van der Waals surface area contributed by atoms with Gasteiger partial charge >= 0.3 is 0 Å². The minimum atomic E-state index is -0.157. The summed E-state index contributed by atoms with van der Waals surface area (Å²) >= 11 is 13.5. The number of benzene rings is 1. The van der Waals surface area contributed by atoms with Gasteiger partial charge in [0, 0.05) is 29.9 Å². The van der Waals surface area contributed by atoms with Crippen LogP contribution in [0.1, 0.15) is 5.56 Å². The SMILES string of the molecule is Cn1ncc2c(c(SCc3ccc(Cl)cc3Cl)nn2C)c1=O. The molecule has 0 aliphatic rings. The molecule has 3 aromatic rings. The average molecular weight is 355 g/mol. The van der Waals surface area contributed by atoms with E-state index in [1.807, 2.05) is 6.07 Å². The normalized spacial score (nSPS) is 11.3. The summed E-state index contributed by atoms with van der Waals surface area (Å²) in [6.45, 7) is 0. The fourth-order valence-electron chi connectivity index (χ4n) is 2.10. The van der Waals surface area contributed by atoms with Crippen molar-refractivity contribution in [3.05, 3.63) is 50.4 Å². The molecule has 0 saturated carbocycles. The first kappa shape index (κ1) is 15.4. The number of aryl methyl sites for hydroxylation is 2. The van der Waals surface area contributed by atoms with E-state index in [1.54, 1.807) is 37.1 Å². The highest BCUT2D eigenvalue weighted by atomic mass is 35.5. The zero-order valence-corrected chi connectivity index (χ0v) is 14.2. The molecule has 5 nitrogen and oxygen atoms in total. The highest BCUT2D eigenvalue weighted by molar-refractivity contribution is 7.98. The van der Waals surface area contributed by atoms with Crippen LogP contribution in [0.15, 0.2) is 34.2 Å². The molecule has 0 bridgehead atoms. The molecule has 3 rings (SSSR count). The molecule has 2 aromatic heterocycles. The Morgan fingerprint density at radius 2 is 2.00 bits per heavy atom. The van der Waals surface area contributed by atoms with E-state index in [0.29, 0.717) is 31.7 Å². The quantitative estimate of drug-likeness (QED) is 0.677. The van der Waals surface area contributed by atoms with Crippen LogP contribution in [0, 0.1) is 0 Å². The number of hydrogen-bond donors (Lipinski definition) is 0. The molecule has 8 heteroatoms. The van der Waals surface area contributed by atoms with E-state index in [9.17, 15) is 4.79 Å². The molecule has 0 unspecified atom stereocenters. The molecular weight excluding hydrogens is 343 g/mol. The summed E-state index contributed by atoms with van der Waals surface area (Å²) in [7, 11) is 3.42. The van der Waals surface area contributed by atoms with E-state index in [0.717, 1.165) is 5.56 Å². The van der Waals surface area contributed by atoms with Gasteiger partial charge < -0.3 is 0 Å². The fourth-order valence-corrected chi connectivity index (χ4v) is 3.72. The maximum absolute atomic E-state index is 12.3. The van der Waals surface area contributed by atoms with Gasteiger partial charge in [-0.1, -0.05) is 41.0 Å².